The van der Waals surface area contributed by atoms with Crippen LogP contribution in [0.3, 0.4) is 0 Å². The Morgan fingerprint density at radius 3 is 1.85 bits per heavy atom. The average molecular weight is 442 g/mol. The molecule has 4 aromatic rings. The zero-order valence-corrected chi connectivity index (χ0v) is 20.8. The SMILES string of the molecule is CC(C)(C)CC(C)(C)c1cc(-n2nc3ccccc3n2)cc(C(C)(C)c2ccccc2O)c1. The second-order valence-corrected chi connectivity index (χ2v) is 11.5. The van der Waals surface area contributed by atoms with Crippen molar-refractivity contribution in [2.45, 2.75) is 65.7 Å². The third-order valence-corrected chi connectivity index (χ3v) is 6.49. The van der Waals surface area contributed by atoms with Crippen LogP contribution in [-0.2, 0) is 10.8 Å². The van der Waals surface area contributed by atoms with Gasteiger partial charge in [-0.3, -0.25) is 0 Å². The third-order valence-electron chi connectivity index (χ3n) is 6.49. The molecule has 33 heavy (non-hydrogen) atoms. The molecule has 0 aliphatic rings. The van der Waals surface area contributed by atoms with Gasteiger partial charge in [-0.1, -0.05) is 84.9 Å². The fraction of sp³-hybridized carbons (Fsp3) is 0.379. The molecule has 1 N–H and O–H groups in total. The minimum absolute atomic E-state index is 0.0512. The number of fused-ring (bicyclic) bond motifs is 1. The fourth-order valence-electron chi connectivity index (χ4n) is 5.04. The molecule has 172 valence electrons. The van der Waals surface area contributed by atoms with Gasteiger partial charge in [0.15, 0.2) is 0 Å². The van der Waals surface area contributed by atoms with E-state index in [1.807, 2.05) is 42.5 Å². The van der Waals surface area contributed by atoms with Crippen LogP contribution in [0.4, 0.5) is 0 Å². The van der Waals surface area contributed by atoms with E-state index in [4.69, 9.17) is 10.2 Å². The van der Waals surface area contributed by atoms with E-state index >= 15 is 0 Å². The summed E-state index contributed by atoms with van der Waals surface area (Å²) in [6, 6.07) is 22.2. The first kappa shape index (κ1) is 23.0. The standard InChI is InChI=1S/C29H35N3O/c1-27(2,3)19-28(4,5)20-16-21(29(6,7)23-12-8-11-15-26(23)33)18-22(17-20)32-30-24-13-9-10-14-25(24)31-32/h8-18,33H,19H2,1-7H3. The van der Waals surface area contributed by atoms with Gasteiger partial charge in [0.2, 0.25) is 0 Å². The van der Waals surface area contributed by atoms with Crippen molar-refractivity contribution >= 4 is 11.0 Å². The van der Waals surface area contributed by atoms with Crippen molar-refractivity contribution in [1.29, 1.82) is 0 Å². The zero-order chi connectivity index (χ0) is 24.0. The van der Waals surface area contributed by atoms with E-state index in [1.165, 1.54) is 5.56 Å². The third kappa shape index (κ3) is 4.66. The van der Waals surface area contributed by atoms with Crippen molar-refractivity contribution < 1.29 is 5.11 Å². The van der Waals surface area contributed by atoms with Gasteiger partial charge in [-0.2, -0.15) is 4.80 Å². The minimum Gasteiger partial charge on any atom is -0.508 e. The Bertz CT molecular complexity index is 1260. The van der Waals surface area contributed by atoms with E-state index in [0.717, 1.165) is 34.3 Å². The van der Waals surface area contributed by atoms with Crippen molar-refractivity contribution in [3.8, 4) is 11.4 Å². The molecule has 4 nitrogen and oxygen atoms in total. The molecule has 0 radical (unpaired) electrons. The summed E-state index contributed by atoms with van der Waals surface area (Å²) in [4.78, 5) is 1.74. The highest BCUT2D eigenvalue weighted by atomic mass is 16.3. The Hall–Kier alpha value is -3.14. The first-order valence-electron chi connectivity index (χ1n) is 11.6. The number of aromatic nitrogens is 3. The maximum Gasteiger partial charge on any atom is 0.119 e. The Morgan fingerprint density at radius 1 is 0.727 bits per heavy atom. The van der Waals surface area contributed by atoms with Gasteiger partial charge in [-0.25, -0.2) is 0 Å². The van der Waals surface area contributed by atoms with Crippen LogP contribution in [0.25, 0.3) is 16.7 Å². The molecule has 0 aliphatic heterocycles. The second-order valence-electron chi connectivity index (χ2n) is 11.5. The van der Waals surface area contributed by atoms with Gasteiger partial charge in [-0.15, -0.1) is 10.2 Å². The maximum absolute atomic E-state index is 10.6. The van der Waals surface area contributed by atoms with Gasteiger partial charge >= 0.3 is 0 Å². The summed E-state index contributed by atoms with van der Waals surface area (Å²) in [6.07, 6.45) is 1.04. The van der Waals surface area contributed by atoms with Crippen LogP contribution in [0.2, 0.25) is 0 Å². The van der Waals surface area contributed by atoms with E-state index in [0.29, 0.717) is 5.75 Å². The van der Waals surface area contributed by atoms with Crippen LogP contribution in [-0.4, -0.2) is 20.1 Å². The summed E-state index contributed by atoms with van der Waals surface area (Å²) in [5.41, 5.74) is 5.69. The smallest absolute Gasteiger partial charge is 0.119 e. The van der Waals surface area contributed by atoms with Crippen LogP contribution in [0.15, 0.2) is 66.7 Å². The number of hydrogen-bond acceptors (Lipinski definition) is 3. The molecule has 4 rings (SSSR count). The number of benzene rings is 3. The molecule has 0 spiro atoms. The van der Waals surface area contributed by atoms with E-state index in [9.17, 15) is 5.11 Å². The van der Waals surface area contributed by atoms with Gasteiger partial charge < -0.3 is 5.11 Å². The Kier molecular flexibility index (Phi) is 5.60. The molecule has 3 aromatic carbocycles. The number of para-hydroxylation sites is 1. The minimum atomic E-state index is -0.402. The largest absolute Gasteiger partial charge is 0.508 e. The van der Waals surface area contributed by atoms with Gasteiger partial charge in [-0.05, 0) is 58.7 Å². The average Bonchev–Trinajstić information content (AvgIpc) is 3.16. The van der Waals surface area contributed by atoms with Gasteiger partial charge in [0.1, 0.15) is 16.8 Å². The monoisotopic (exact) mass is 441 g/mol. The van der Waals surface area contributed by atoms with Gasteiger partial charge in [0, 0.05) is 11.0 Å². The summed E-state index contributed by atoms with van der Waals surface area (Å²) in [7, 11) is 0. The lowest BCUT2D eigenvalue weighted by Crippen LogP contribution is -2.27. The van der Waals surface area contributed by atoms with Gasteiger partial charge in [0.25, 0.3) is 0 Å². The topological polar surface area (TPSA) is 50.9 Å². The second kappa shape index (κ2) is 8.02. The highest BCUT2D eigenvalue weighted by Gasteiger charge is 2.32. The lowest BCUT2D eigenvalue weighted by atomic mass is 9.70. The Balaban J connectivity index is 1.93. The van der Waals surface area contributed by atoms with Crippen LogP contribution in [0.1, 0.15) is 71.6 Å². The molecule has 0 aliphatic carbocycles. The number of phenolic OH excluding ortho intramolecular Hbond substituents is 1. The van der Waals surface area contributed by atoms with Crippen LogP contribution in [0.5, 0.6) is 5.75 Å². The van der Waals surface area contributed by atoms with E-state index in [1.54, 1.807) is 10.9 Å². The number of aromatic hydroxyl groups is 1. The molecule has 0 amide bonds. The predicted octanol–water partition coefficient (Wildman–Crippen LogP) is 7.17. The molecule has 4 heteroatoms. The first-order chi connectivity index (χ1) is 15.4. The van der Waals surface area contributed by atoms with Crippen LogP contribution in [0, 0.1) is 5.41 Å². The van der Waals surface area contributed by atoms with Crippen molar-refractivity contribution in [3.63, 3.8) is 0 Å². The van der Waals surface area contributed by atoms with Crippen molar-refractivity contribution in [2.75, 3.05) is 0 Å². The molecule has 1 aromatic heterocycles. The quantitative estimate of drug-likeness (QED) is 0.357. The fourth-order valence-corrected chi connectivity index (χ4v) is 5.04. The lowest BCUT2D eigenvalue weighted by Gasteiger charge is -2.35. The summed E-state index contributed by atoms with van der Waals surface area (Å²) in [5, 5.41) is 20.1. The van der Waals surface area contributed by atoms with Crippen LogP contribution < -0.4 is 0 Å². The Labute approximate surface area is 197 Å². The number of phenols is 1. The highest BCUT2D eigenvalue weighted by Crippen LogP contribution is 2.42. The first-order valence-corrected chi connectivity index (χ1v) is 11.6. The number of rotatable bonds is 5. The number of nitrogens with zero attached hydrogens (tertiary/aromatic N) is 3. The molecule has 0 saturated carbocycles. The lowest BCUT2D eigenvalue weighted by molar-refractivity contribution is 0.284. The van der Waals surface area contributed by atoms with Gasteiger partial charge in [0.05, 0.1) is 5.69 Å². The molecule has 1 heterocycles. The molecule has 0 saturated heterocycles. The molecule has 0 atom stereocenters. The molecule has 0 bridgehead atoms. The predicted molar refractivity (Wildman–Crippen MR) is 136 cm³/mol. The summed E-state index contributed by atoms with van der Waals surface area (Å²) < 4.78 is 0. The van der Waals surface area contributed by atoms with Crippen LogP contribution >= 0.6 is 0 Å². The maximum atomic E-state index is 10.6. The molecule has 0 unspecified atom stereocenters. The number of hydrogen-bond donors (Lipinski definition) is 1. The van der Waals surface area contributed by atoms with E-state index in [-0.39, 0.29) is 10.8 Å². The summed E-state index contributed by atoms with van der Waals surface area (Å²) in [6.45, 7) is 15.8. The zero-order valence-electron chi connectivity index (χ0n) is 20.8. The Morgan fingerprint density at radius 2 is 1.27 bits per heavy atom. The summed E-state index contributed by atoms with van der Waals surface area (Å²) in [5.74, 6) is 0.311. The van der Waals surface area contributed by atoms with Crippen molar-refractivity contribution in [2.24, 2.45) is 5.41 Å². The normalized spacial score (nSPS) is 12.9. The highest BCUT2D eigenvalue weighted by molar-refractivity contribution is 5.73. The van der Waals surface area contributed by atoms with E-state index in [2.05, 4.69) is 66.7 Å². The summed E-state index contributed by atoms with van der Waals surface area (Å²) >= 11 is 0. The van der Waals surface area contributed by atoms with Crippen molar-refractivity contribution in [1.82, 2.24) is 15.0 Å². The molecule has 0 fully saturated rings. The van der Waals surface area contributed by atoms with E-state index < -0.39 is 5.41 Å². The molecular weight excluding hydrogens is 406 g/mol. The van der Waals surface area contributed by atoms with Crippen molar-refractivity contribution in [3.05, 3.63) is 83.4 Å². The molecular formula is C29H35N3O.